The van der Waals surface area contributed by atoms with Gasteiger partial charge in [-0.3, -0.25) is 14.1 Å². The van der Waals surface area contributed by atoms with Crippen molar-refractivity contribution in [1.82, 2.24) is 19.2 Å². The van der Waals surface area contributed by atoms with Crippen LogP contribution in [0.5, 0.6) is 5.75 Å². The van der Waals surface area contributed by atoms with Crippen LogP contribution < -0.4 is 4.74 Å². The minimum absolute atomic E-state index is 0.252. The number of methoxy groups -OCH3 is 1. The van der Waals surface area contributed by atoms with E-state index in [0.717, 1.165) is 50.0 Å². The Morgan fingerprint density at radius 2 is 1.69 bits per heavy atom. The van der Waals surface area contributed by atoms with Gasteiger partial charge in [0.15, 0.2) is 4.96 Å². The van der Waals surface area contributed by atoms with E-state index in [-0.39, 0.29) is 11.5 Å². The Labute approximate surface area is 226 Å². The number of rotatable bonds is 5. The Morgan fingerprint density at radius 1 is 0.974 bits per heavy atom. The van der Waals surface area contributed by atoms with Crippen LogP contribution in [0.1, 0.15) is 21.6 Å². The normalized spacial score (nSPS) is 14.8. The van der Waals surface area contributed by atoms with Crippen LogP contribution in [0.4, 0.5) is 13.2 Å². The molecule has 1 aliphatic heterocycles. The second-order valence-corrected chi connectivity index (χ2v) is 10.5. The third kappa shape index (κ3) is 4.86. The van der Waals surface area contributed by atoms with E-state index in [1.165, 1.54) is 12.1 Å². The summed E-state index contributed by atoms with van der Waals surface area (Å²) in [7, 11) is 1.65. The van der Waals surface area contributed by atoms with E-state index in [0.29, 0.717) is 32.7 Å². The van der Waals surface area contributed by atoms with Gasteiger partial charge in [0.25, 0.3) is 5.91 Å². The second-order valence-electron chi connectivity index (χ2n) is 9.47. The average Bonchev–Trinajstić information content (AvgIpc) is 3.49. The highest BCUT2D eigenvalue weighted by molar-refractivity contribution is 7.23. The SMILES string of the molecule is COc1ccc2c(c1)sc1nc(-c3ccccc3)c(CN3CCN(C(=O)c4ccc(C(F)(F)F)cc4)CC3)n12. The molecule has 10 heteroatoms. The van der Waals surface area contributed by atoms with Crippen molar-refractivity contribution in [1.29, 1.82) is 0 Å². The lowest BCUT2D eigenvalue weighted by molar-refractivity contribution is -0.137. The number of halogens is 3. The molecule has 1 aliphatic rings. The molecule has 0 spiro atoms. The molecule has 1 fully saturated rings. The zero-order valence-corrected chi connectivity index (χ0v) is 21.9. The fraction of sp³-hybridized carbons (Fsp3) is 0.241. The summed E-state index contributed by atoms with van der Waals surface area (Å²) >= 11 is 1.62. The van der Waals surface area contributed by atoms with Crippen molar-refractivity contribution in [2.24, 2.45) is 0 Å². The van der Waals surface area contributed by atoms with E-state index in [1.807, 2.05) is 30.3 Å². The van der Waals surface area contributed by atoms with Gasteiger partial charge in [-0.2, -0.15) is 13.2 Å². The van der Waals surface area contributed by atoms with Gasteiger partial charge in [0.1, 0.15) is 5.75 Å². The van der Waals surface area contributed by atoms with Gasteiger partial charge in [-0.1, -0.05) is 41.7 Å². The number of imidazole rings is 1. The molecular formula is C29H25F3N4O2S. The zero-order valence-electron chi connectivity index (χ0n) is 21.1. The Balaban J connectivity index is 1.24. The number of alkyl halides is 3. The molecule has 0 saturated carbocycles. The van der Waals surface area contributed by atoms with Crippen LogP contribution in [-0.2, 0) is 12.7 Å². The molecule has 6 nitrogen and oxygen atoms in total. The summed E-state index contributed by atoms with van der Waals surface area (Å²) in [6.45, 7) is 2.91. The van der Waals surface area contributed by atoms with E-state index in [9.17, 15) is 18.0 Å². The number of fused-ring (bicyclic) bond motifs is 3. The maximum absolute atomic E-state index is 13.0. The molecule has 2 aromatic heterocycles. The minimum Gasteiger partial charge on any atom is -0.497 e. The van der Waals surface area contributed by atoms with Crippen LogP contribution in [0, 0.1) is 0 Å². The predicted molar refractivity (Wildman–Crippen MR) is 145 cm³/mol. The Bertz CT molecular complexity index is 1640. The monoisotopic (exact) mass is 550 g/mol. The summed E-state index contributed by atoms with van der Waals surface area (Å²) in [4.78, 5) is 22.9. The van der Waals surface area contributed by atoms with Crippen molar-refractivity contribution in [3.8, 4) is 17.0 Å². The number of thiazole rings is 1. The molecule has 0 bridgehead atoms. The van der Waals surface area contributed by atoms with Crippen LogP contribution in [0.25, 0.3) is 26.4 Å². The van der Waals surface area contributed by atoms with Gasteiger partial charge in [0.05, 0.1) is 34.3 Å². The number of carbonyl (C=O) groups is 1. The topological polar surface area (TPSA) is 50.1 Å². The number of nitrogens with zero attached hydrogens (tertiary/aromatic N) is 4. The van der Waals surface area contributed by atoms with E-state index in [1.54, 1.807) is 23.3 Å². The summed E-state index contributed by atoms with van der Waals surface area (Å²) < 4.78 is 47.4. The van der Waals surface area contributed by atoms with Crippen LogP contribution >= 0.6 is 11.3 Å². The summed E-state index contributed by atoms with van der Waals surface area (Å²) in [5.41, 5.74) is 3.63. The molecular weight excluding hydrogens is 525 g/mol. The summed E-state index contributed by atoms with van der Waals surface area (Å²) in [6.07, 6.45) is -4.43. The smallest absolute Gasteiger partial charge is 0.416 e. The highest BCUT2D eigenvalue weighted by Gasteiger charge is 2.31. The van der Waals surface area contributed by atoms with E-state index in [4.69, 9.17) is 9.72 Å². The van der Waals surface area contributed by atoms with Gasteiger partial charge in [-0.15, -0.1) is 0 Å². The number of aromatic nitrogens is 2. The number of hydrogen-bond donors (Lipinski definition) is 0. The first kappa shape index (κ1) is 25.4. The molecule has 39 heavy (non-hydrogen) atoms. The lowest BCUT2D eigenvalue weighted by Crippen LogP contribution is -2.48. The van der Waals surface area contributed by atoms with Crippen molar-refractivity contribution in [3.63, 3.8) is 0 Å². The standard InChI is InChI=1S/C29H25F3N4O2S/c1-38-22-11-12-23-25(17-22)39-28-33-26(19-5-3-2-4-6-19)24(36(23)28)18-34-13-15-35(16-14-34)27(37)20-7-9-21(10-8-20)29(30,31)32/h2-12,17H,13-16,18H2,1H3. The van der Waals surface area contributed by atoms with Crippen LogP contribution in [-0.4, -0.2) is 58.4 Å². The fourth-order valence-electron chi connectivity index (χ4n) is 5.01. The lowest BCUT2D eigenvalue weighted by Gasteiger charge is -2.34. The molecule has 0 radical (unpaired) electrons. The van der Waals surface area contributed by atoms with E-state index >= 15 is 0 Å². The van der Waals surface area contributed by atoms with Crippen molar-refractivity contribution >= 4 is 32.4 Å². The summed E-state index contributed by atoms with van der Waals surface area (Å²) in [5.74, 6) is 0.545. The molecule has 0 N–H and O–H groups in total. The van der Waals surface area contributed by atoms with Crippen molar-refractivity contribution in [3.05, 3.63) is 89.6 Å². The minimum atomic E-state index is -4.43. The molecule has 1 saturated heterocycles. The maximum Gasteiger partial charge on any atom is 0.416 e. The van der Waals surface area contributed by atoms with Crippen molar-refractivity contribution < 1.29 is 22.7 Å². The Kier molecular flexibility index (Phi) is 6.52. The van der Waals surface area contributed by atoms with Gasteiger partial charge in [-0.05, 0) is 42.5 Å². The first-order chi connectivity index (χ1) is 18.8. The number of amides is 1. The molecule has 0 unspecified atom stereocenters. The van der Waals surface area contributed by atoms with Crippen molar-refractivity contribution in [2.75, 3.05) is 33.3 Å². The van der Waals surface area contributed by atoms with Crippen molar-refractivity contribution in [2.45, 2.75) is 12.7 Å². The Hall–Kier alpha value is -3.89. The predicted octanol–water partition coefficient (Wildman–Crippen LogP) is 6.20. The Morgan fingerprint density at radius 3 is 2.36 bits per heavy atom. The van der Waals surface area contributed by atoms with Gasteiger partial charge in [0, 0.05) is 43.9 Å². The van der Waals surface area contributed by atoms with Crippen LogP contribution in [0.2, 0.25) is 0 Å². The molecule has 3 aromatic carbocycles. The first-order valence-corrected chi connectivity index (χ1v) is 13.4. The number of ether oxygens (including phenoxy) is 1. The quantitative estimate of drug-likeness (QED) is 0.262. The number of piperazine rings is 1. The van der Waals surface area contributed by atoms with E-state index < -0.39 is 11.7 Å². The lowest BCUT2D eigenvalue weighted by atomic mass is 10.1. The van der Waals surface area contributed by atoms with E-state index in [2.05, 4.69) is 27.5 Å². The zero-order chi connectivity index (χ0) is 27.1. The van der Waals surface area contributed by atoms with Crippen LogP contribution in [0.15, 0.2) is 72.8 Å². The molecule has 5 aromatic rings. The fourth-order valence-corrected chi connectivity index (χ4v) is 6.09. The molecule has 0 atom stereocenters. The molecule has 0 aliphatic carbocycles. The largest absolute Gasteiger partial charge is 0.497 e. The molecule has 3 heterocycles. The number of benzene rings is 3. The molecule has 200 valence electrons. The molecule has 1 amide bonds. The van der Waals surface area contributed by atoms with Gasteiger partial charge < -0.3 is 9.64 Å². The third-order valence-corrected chi connectivity index (χ3v) is 8.09. The third-order valence-electron chi connectivity index (χ3n) is 7.09. The number of hydrogen-bond acceptors (Lipinski definition) is 5. The second kappa shape index (κ2) is 10.0. The highest BCUT2D eigenvalue weighted by atomic mass is 32.1. The van der Waals surface area contributed by atoms with Gasteiger partial charge in [-0.25, -0.2) is 4.98 Å². The van der Waals surface area contributed by atoms with Crippen LogP contribution in [0.3, 0.4) is 0 Å². The van der Waals surface area contributed by atoms with Gasteiger partial charge in [0.2, 0.25) is 0 Å². The summed E-state index contributed by atoms with van der Waals surface area (Å²) in [5, 5.41) is 0. The molecule has 6 rings (SSSR count). The maximum atomic E-state index is 13.0. The number of carbonyl (C=O) groups excluding carboxylic acids is 1. The van der Waals surface area contributed by atoms with Gasteiger partial charge >= 0.3 is 6.18 Å². The first-order valence-electron chi connectivity index (χ1n) is 12.5. The summed E-state index contributed by atoms with van der Waals surface area (Å²) in [6, 6.07) is 20.5. The highest BCUT2D eigenvalue weighted by Crippen LogP contribution is 2.35. The average molecular weight is 551 g/mol.